The summed E-state index contributed by atoms with van der Waals surface area (Å²) < 4.78 is 5.13. The van der Waals surface area contributed by atoms with Crippen molar-refractivity contribution in [3.05, 3.63) is 46.1 Å². The normalized spacial score (nSPS) is 14.5. The summed E-state index contributed by atoms with van der Waals surface area (Å²) in [7, 11) is 1.55. The van der Waals surface area contributed by atoms with Crippen LogP contribution in [0.5, 0.6) is 5.75 Å². The Morgan fingerprint density at radius 1 is 1.12 bits per heavy atom. The van der Waals surface area contributed by atoms with E-state index >= 15 is 0 Å². The molecule has 2 amide bonds. The molecule has 1 aromatic carbocycles. The second-order valence-electron chi connectivity index (χ2n) is 5.34. The third-order valence-electron chi connectivity index (χ3n) is 3.87. The summed E-state index contributed by atoms with van der Waals surface area (Å²) in [6.45, 7) is 1.58. The Kier molecular flexibility index (Phi) is 4.32. The van der Waals surface area contributed by atoms with Crippen LogP contribution in [0.3, 0.4) is 0 Å². The van der Waals surface area contributed by atoms with E-state index in [4.69, 9.17) is 4.74 Å². The Morgan fingerprint density at radius 3 is 2.38 bits per heavy atom. The summed E-state index contributed by atoms with van der Waals surface area (Å²) in [5.41, 5.74) is 0.0240. The lowest BCUT2D eigenvalue weighted by atomic mass is 10.1. The fraction of sp³-hybridized carbons (Fsp3) is 0.333. The number of methoxy groups -OCH3 is 1. The van der Waals surface area contributed by atoms with E-state index in [-0.39, 0.29) is 17.6 Å². The van der Waals surface area contributed by atoms with Crippen molar-refractivity contribution in [2.24, 2.45) is 0 Å². The maximum Gasteiger partial charge on any atom is 0.341 e. The maximum atomic E-state index is 12.5. The van der Waals surface area contributed by atoms with Gasteiger partial charge in [0.25, 0.3) is 11.8 Å². The highest BCUT2D eigenvalue weighted by Crippen LogP contribution is 2.15. The van der Waals surface area contributed by atoms with Gasteiger partial charge >= 0.3 is 5.69 Å². The molecule has 3 rings (SSSR count). The lowest BCUT2D eigenvalue weighted by Crippen LogP contribution is -2.50. The van der Waals surface area contributed by atoms with Crippen LogP contribution in [0.25, 0.3) is 0 Å². The predicted molar refractivity (Wildman–Crippen MR) is 84.0 cm³/mol. The molecule has 0 unspecified atom stereocenters. The summed E-state index contributed by atoms with van der Waals surface area (Å²) in [4.78, 5) is 41.3. The van der Waals surface area contributed by atoms with Crippen LogP contribution in [-0.2, 0) is 0 Å². The van der Waals surface area contributed by atoms with Crippen molar-refractivity contribution in [2.45, 2.75) is 0 Å². The molecular formula is C15H17N5O4. The molecule has 9 heteroatoms. The molecule has 0 bridgehead atoms. The first-order valence-electron chi connectivity index (χ1n) is 7.46. The molecule has 2 N–H and O–H groups in total. The number of aromatic nitrogens is 3. The van der Waals surface area contributed by atoms with E-state index in [0.717, 1.165) is 0 Å². The van der Waals surface area contributed by atoms with Crippen molar-refractivity contribution in [3.63, 3.8) is 0 Å². The largest absolute Gasteiger partial charge is 0.497 e. The zero-order chi connectivity index (χ0) is 17.1. The highest BCUT2D eigenvalue weighted by atomic mass is 16.5. The van der Waals surface area contributed by atoms with Gasteiger partial charge in [-0.1, -0.05) is 6.07 Å². The lowest BCUT2D eigenvalue weighted by molar-refractivity contribution is 0.0529. The fourth-order valence-electron chi connectivity index (χ4n) is 2.57. The zero-order valence-electron chi connectivity index (χ0n) is 13.1. The second-order valence-corrected chi connectivity index (χ2v) is 5.34. The minimum atomic E-state index is -0.523. The molecule has 0 aliphatic carbocycles. The van der Waals surface area contributed by atoms with Crippen molar-refractivity contribution >= 4 is 11.8 Å². The second kappa shape index (κ2) is 6.57. The van der Waals surface area contributed by atoms with Crippen LogP contribution >= 0.6 is 0 Å². The topological polar surface area (TPSA) is 111 Å². The van der Waals surface area contributed by atoms with Gasteiger partial charge in [0, 0.05) is 31.7 Å². The molecule has 24 heavy (non-hydrogen) atoms. The number of piperazine rings is 1. The Labute approximate surface area is 137 Å². The van der Waals surface area contributed by atoms with Crippen LogP contribution < -0.4 is 10.4 Å². The average molecular weight is 331 g/mol. The van der Waals surface area contributed by atoms with Crippen LogP contribution in [0.1, 0.15) is 21.0 Å². The Balaban J connectivity index is 1.63. The van der Waals surface area contributed by atoms with E-state index in [0.29, 0.717) is 37.5 Å². The van der Waals surface area contributed by atoms with Gasteiger partial charge in [-0.3, -0.25) is 14.6 Å². The summed E-state index contributed by atoms with van der Waals surface area (Å²) in [5, 5.41) is 5.80. The molecule has 126 valence electrons. The van der Waals surface area contributed by atoms with E-state index in [9.17, 15) is 14.4 Å². The van der Waals surface area contributed by atoms with Crippen molar-refractivity contribution < 1.29 is 14.3 Å². The quantitative estimate of drug-likeness (QED) is 0.802. The van der Waals surface area contributed by atoms with Crippen molar-refractivity contribution in [1.29, 1.82) is 0 Å². The number of nitrogens with zero attached hydrogens (tertiary/aromatic N) is 3. The maximum absolute atomic E-state index is 12.5. The summed E-state index contributed by atoms with van der Waals surface area (Å²) in [6.07, 6.45) is 0. The first-order chi connectivity index (χ1) is 11.6. The first kappa shape index (κ1) is 15.8. The first-order valence-corrected chi connectivity index (χ1v) is 7.46. The van der Waals surface area contributed by atoms with Crippen LogP contribution in [0, 0.1) is 0 Å². The highest BCUT2D eigenvalue weighted by molar-refractivity contribution is 5.95. The molecular weight excluding hydrogens is 314 g/mol. The van der Waals surface area contributed by atoms with Gasteiger partial charge in [-0.05, 0) is 18.2 Å². The third kappa shape index (κ3) is 3.14. The smallest absolute Gasteiger partial charge is 0.341 e. The van der Waals surface area contributed by atoms with Gasteiger partial charge in [0.05, 0.1) is 7.11 Å². The van der Waals surface area contributed by atoms with Crippen molar-refractivity contribution in [3.8, 4) is 5.75 Å². The lowest BCUT2D eigenvalue weighted by Gasteiger charge is -2.34. The molecule has 1 saturated heterocycles. The predicted octanol–water partition coefficient (Wildman–Crippen LogP) is -0.295. The minimum absolute atomic E-state index is 0.0208. The standard InChI is InChI=1S/C15H17N5O4/c1-24-11-4-2-3-10(9-11)13(21)19-5-7-20(8-6-19)14(22)12-16-15(23)18-17-12/h2-4,9H,5-8H2,1H3,(H2,16,17,18,23). The number of benzene rings is 1. The van der Waals surface area contributed by atoms with Gasteiger partial charge < -0.3 is 14.5 Å². The van der Waals surface area contributed by atoms with Gasteiger partial charge in [-0.25, -0.2) is 9.89 Å². The number of hydrogen-bond acceptors (Lipinski definition) is 5. The van der Waals surface area contributed by atoms with E-state index in [1.165, 1.54) is 0 Å². The van der Waals surface area contributed by atoms with Gasteiger partial charge in [-0.2, -0.15) is 0 Å². The third-order valence-corrected chi connectivity index (χ3v) is 3.87. The molecule has 1 aliphatic heterocycles. The molecule has 2 aromatic rings. The Hall–Kier alpha value is -3.10. The van der Waals surface area contributed by atoms with E-state index < -0.39 is 5.69 Å². The molecule has 0 atom stereocenters. The van der Waals surface area contributed by atoms with Gasteiger partial charge in [0.1, 0.15) is 5.75 Å². The van der Waals surface area contributed by atoms with Gasteiger partial charge in [-0.15, -0.1) is 5.10 Å². The number of aromatic amines is 2. The van der Waals surface area contributed by atoms with E-state index in [1.54, 1.807) is 41.2 Å². The monoisotopic (exact) mass is 331 g/mol. The SMILES string of the molecule is COc1cccc(C(=O)N2CCN(C(=O)c3n[nH]c(=O)[nH]3)CC2)c1. The van der Waals surface area contributed by atoms with Crippen LogP contribution in [0.15, 0.2) is 29.1 Å². The van der Waals surface area contributed by atoms with Crippen LogP contribution in [0.2, 0.25) is 0 Å². The number of carbonyl (C=O) groups is 2. The van der Waals surface area contributed by atoms with Gasteiger partial charge in [0.2, 0.25) is 5.82 Å². The Morgan fingerprint density at radius 2 is 1.79 bits per heavy atom. The number of hydrogen-bond donors (Lipinski definition) is 2. The molecule has 1 aliphatic rings. The Bertz CT molecular complexity index is 804. The molecule has 0 saturated carbocycles. The van der Waals surface area contributed by atoms with E-state index in [1.807, 2.05) is 0 Å². The molecule has 0 radical (unpaired) electrons. The summed E-state index contributed by atoms with van der Waals surface area (Å²) >= 11 is 0. The summed E-state index contributed by atoms with van der Waals surface area (Å²) in [6, 6.07) is 6.96. The molecule has 0 spiro atoms. The van der Waals surface area contributed by atoms with E-state index in [2.05, 4.69) is 15.2 Å². The zero-order valence-corrected chi connectivity index (χ0v) is 13.1. The summed E-state index contributed by atoms with van der Waals surface area (Å²) in [5.74, 6) is 0.140. The van der Waals surface area contributed by atoms with Crippen molar-refractivity contribution in [1.82, 2.24) is 25.0 Å². The van der Waals surface area contributed by atoms with Crippen LogP contribution in [-0.4, -0.2) is 70.1 Å². The highest BCUT2D eigenvalue weighted by Gasteiger charge is 2.27. The van der Waals surface area contributed by atoms with Crippen LogP contribution in [0.4, 0.5) is 0 Å². The number of H-pyrrole nitrogens is 2. The molecule has 2 heterocycles. The van der Waals surface area contributed by atoms with Gasteiger partial charge in [0.15, 0.2) is 0 Å². The average Bonchev–Trinajstić information content (AvgIpc) is 3.07. The number of nitrogens with one attached hydrogen (secondary N) is 2. The number of carbonyl (C=O) groups excluding carboxylic acids is 2. The van der Waals surface area contributed by atoms with Crippen molar-refractivity contribution in [2.75, 3.05) is 33.3 Å². The molecule has 1 fully saturated rings. The minimum Gasteiger partial charge on any atom is -0.497 e. The number of ether oxygens (including phenoxy) is 1. The molecule has 1 aromatic heterocycles. The number of amides is 2. The fourth-order valence-corrected chi connectivity index (χ4v) is 2.57. The number of rotatable bonds is 3. The molecule has 9 nitrogen and oxygen atoms in total.